The number of allylic oxidation sites excluding steroid dienone is 12. The third kappa shape index (κ3) is 45.9. The number of rotatable bonds is 48. The second kappa shape index (κ2) is 51.3. The van der Waals surface area contributed by atoms with Gasteiger partial charge >= 0.3 is 5.97 Å². The van der Waals surface area contributed by atoms with Crippen molar-refractivity contribution < 1.29 is 24.5 Å². The maximum Gasteiger partial charge on any atom is 0.306 e. The highest BCUT2D eigenvalue weighted by molar-refractivity contribution is 5.77. The molecular formula is C58H103NO5. The van der Waals surface area contributed by atoms with Crippen molar-refractivity contribution in [2.45, 2.75) is 277 Å². The molecule has 0 saturated carbocycles. The van der Waals surface area contributed by atoms with Crippen LogP contribution < -0.4 is 5.32 Å². The van der Waals surface area contributed by atoms with Crippen molar-refractivity contribution in [3.8, 4) is 0 Å². The zero-order valence-electron chi connectivity index (χ0n) is 42.1. The van der Waals surface area contributed by atoms with Crippen LogP contribution in [-0.4, -0.2) is 46.9 Å². The molecule has 6 nitrogen and oxygen atoms in total. The number of hydrogen-bond acceptors (Lipinski definition) is 5. The summed E-state index contributed by atoms with van der Waals surface area (Å²) in [5.74, 6) is -0.519. The maximum absolute atomic E-state index is 13.2. The quantitative estimate of drug-likeness (QED) is 0.0245. The van der Waals surface area contributed by atoms with Gasteiger partial charge in [-0.3, -0.25) is 9.59 Å². The minimum Gasteiger partial charge on any atom is -0.462 e. The van der Waals surface area contributed by atoms with E-state index in [4.69, 9.17) is 4.74 Å². The van der Waals surface area contributed by atoms with E-state index in [-0.39, 0.29) is 24.9 Å². The van der Waals surface area contributed by atoms with Crippen molar-refractivity contribution >= 4 is 11.9 Å². The summed E-state index contributed by atoms with van der Waals surface area (Å²) in [4.78, 5) is 26.1. The molecule has 370 valence electrons. The summed E-state index contributed by atoms with van der Waals surface area (Å²) in [6, 6.07) is -0.714. The van der Waals surface area contributed by atoms with Crippen molar-refractivity contribution in [2.75, 3.05) is 6.61 Å². The molecule has 0 saturated heterocycles. The lowest BCUT2D eigenvalue weighted by atomic mass is 10.0. The van der Waals surface area contributed by atoms with Crippen LogP contribution in [0.4, 0.5) is 0 Å². The van der Waals surface area contributed by atoms with E-state index in [2.05, 4.69) is 74.7 Å². The Kier molecular flexibility index (Phi) is 49.1. The summed E-state index contributed by atoms with van der Waals surface area (Å²) in [5, 5.41) is 23.8. The number of amides is 1. The molecule has 0 radical (unpaired) electrons. The number of esters is 1. The molecule has 3 N–H and O–H groups in total. The topological polar surface area (TPSA) is 95.9 Å². The van der Waals surface area contributed by atoms with Crippen LogP contribution in [0.2, 0.25) is 0 Å². The average molecular weight is 894 g/mol. The van der Waals surface area contributed by atoms with Crippen LogP contribution in [0.15, 0.2) is 72.9 Å². The Morgan fingerprint density at radius 3 is 1.36 bits per heavy atom. The number of aliphatic hydroxyl groups is 2. The molecule has 3 atom stereocenters. The maximum atomic E-state index is 13.2. The summed E-state index contributed by atoms with van der Waals surface area (Å²) in [5.41, 5.74) is 0. The molecule has 3 unspecified atom stereocenters. The molecular weight excluding hydrogens is 791 g/mol. The number of hydrogen-bond donors (Lipinski definition) is 3. The molecule has 0 bridgehead atoms. The third-order valence-electron chi connectivity index (χ3n) is 12.1. The summed E-state index contributed by atoms with van der Waals surface area (Å²) >= 11 is 0. The van der Waals surface area contributed by atoms with Gasteiger partial charge in [0, 0.05) is 6.42 Å². The van der Waals surface area contributed by atoms with Crippen LogP contribution in [0.1, 0.15) is 258 Å². The van der Waals surface area contributed by atoms with Crippen LogP contribution in [0.25, 0.3) is 0 Å². The summed E-state index contributed by atoms with van der Waals surface area (Å²) in [7, 11) is 0. The Bertz CT molecular complexity index is 1190. The lowest BCUT2D eigenvalue weighted by Crippen LogP contribution is -2.46. The van der Waals surface area contributed by atoms with Gasteiger partial charge < -0.3 is 20.3 Å². The number of carbonyl (C=O) groups excluding carboxylic acids is 2. The molecule has 1 amide bonds. The normalized spacial score (nSPS) is 13.8. The molecule has 0 aromatic rings. The first-order valence-electron chi connectivity index (χ1n) is 27.2. The van der Waals surface area contributed by atoms with Gasteiger partial charge in [-0.25, -0.2) is 0 Å². The van der Waals surface area contributed by atoms with Gasteiger partial charge in [0.25, 0.3) is 0 Å². The standard InChI is InChI=1S/C58H103NO5/c1-4-7-10-13-16-19-22-24-26-28-30-32-34-36-39-42-45-48-51-58(63)64-54(49-46-43-40-37-21-18-15-12-9-6-3)52-57(62)59-55(53-60)56(61)50-47-44-41-38-35-33-31-29-27-25-23-20-17-14-11-8-5-2/h10,13,16,18-19,21-22,24,26,28,30,32,54-56,60-61H,4-9,11-12,14-15,17,20,23,25,27,29,31,33-53H2,1-3H3,(H,59,62)/b13-10+,19-16+,21-18-,24-22+,28-26+,32-30+. The van der Waals surface area contributed by atoms with Gasteiger partial charge in [0.2, 0.25) is 5.91 Å². The fourth-order valence-electron chi connectivity index (χ4n) is 7.98. The Balaban J connectivity index is 4.51. The third-order valence-corrected chi connectivity index (χ3v) is 12.1. The van der Waals surface area contributed by atoms with E-state index in [0.717, 1.165) is 96.3 Å². The molecule has 0 aliphatic carbocycles. The van der Waals surface area contributed by atoms with E-state index in [9.17, 15) is 19.8 Å². The van der Waals surface area contributed by atoms with Crippen molar-refractivity contribution in [2.24, 2.45) is 0 Å². The Labute approximate surface area is 396 Å². The van der Waals surface area contributed by atoms with Crippen LogP contribution >= 0.6 is 0 Å². The van der Waals surface area contributed by atoms with Gasteiger partial charge in [-0.2, -0.15) is 0 Å². The molecule has 0 aliphatic heterocycles. The molecule has 0 heterocycles. The Morgan fingerprint density at radius 2 is 0.844 bits per heavy atom. The molecule has 0 aromatic heterocycles. The van der Waals surface area contributed by atoms with E-state index in [1.165, 1.54) is 116 Å². The summed E-state index contributed by atoms with van der Waals surface area (Å²) < 4.78 is 5.91. The minimum atomic E-state index is -0.799. The largest absolute Gasteiger partial charge is 0.462 e. The summed E-state index contributed by atoms with van der Waals surface area (Å²) in [6.45, 7) is 6.37. The van der Waals surface area contributed by atoms with Crippen molar-refractivity contribution in [3.63, 3.8) is 0 Å². The lowest BCUT2D eigenvalue weighted by molar-refractivity contribution is -0.151. The predicted molar refractivity (Wildman–Crippen MR) is 278 cm³/mol. The van der Waals surface area contributed by atoms with E-state index < -0.39 is 18.2 Å². The highest BCUT2D eigenvalue weighted by Crippen LogP contribution is 2.18. The number of nitrogens with one attached hydrogen (secondary N) is 1. The number of unbranched alkanes of at least 4 members (excludes halogenated alkanes) is 28. The van der Waals surface area contributed by atoms with E-state index in [0.29, 0.717) is 19.3 Å². The second-order valence-corrected chi connectivity index (χ2v) is 18.4. The predicted octanol–water partition coefficient (Wildman–Crippen LogP) is 16.6. The molecule has 0 spiro atoms. The smallest absolute Gasteiger partial charge is 0.306 e. The van der Waals surface area contributed by atoms with Crippen molar-refractivity contribution in [1.82, 2.24) is 5.32 Å². The van der Waals surface area contributed by atoms with Gasteiger partial charge in [0.1, 0.15) is 6.10 Å². The second-order valence-electron chi connectivity index (χ2n) is 18.4. The van der Waals surface area contributed by atoms with E-state index >= 15 is 0 Å². The fourth-order valence-corrected chi connectivity index (χ4v) is 7.98. The molecule has 0 fully saturated rings. The zero-order valence-corrected chi connectivity index (χ0v) is 42.1. The van der Waals surface area contributed by atoms with Gasteiger partial charge in [-0.05, 0) is 70.6 Å². The summed E-state index contributed by atoms with van der Waals surface area (Å²) in [6.07, 6.45) is 65.3. The van der Waals surface area contributed by atoms with Crippen LogP contribution in [0.5, 0.6) is 0 Å². The SMILES string of the molecule is CCC/C=C/C=C/C=C/C=C/C=C/CCCCCCCC(=O)OC(CCCCC/C=C\CCCCC)CC(=O)NC(CO)C(O)CCCCCCCCCCCCCCCCCCC. The van der Waals surface area contributed by atoms with Crippen molar-refractivity contribution in [1.29, 1.82) is 0 Å². The van der Waals surface area contributed by atoms with Crippen LogP contribution in [0.3, 0.4) is 0 Å². The van der Waals surface area contributed by atoms with E-state index in [1.54, 1.807) is 0 Å². The molecule has 6 heteroatoms. The van der Waals surface area contributed by atoms with Crippen LogP contribution in [0, 0.1) is 0 Å². The first kappa shape index (κ1) is 61.3. The number of ether oxygens (including phenoxy) is 1. The molecule has 0 rings (SSSR count). The molecule has 0 aromatic carbocycles. The van der Waals surface area contributed by atoms with Gasteiger partial charge in [0.05, 0.1) is 25.2 Å². The molecule has 0 aliphatic rings. The first-order chi connectivity index (χ1) is 31.5. The van der Waals surface area contributed by atoms with E-state index in [1.807, 2.05) is 24.3 Å². The highest BCUT2D eigenvalue weighted by Gasteiger charge is 2.24. The molecule has 64 heavy (non-hydrogen) atoms. The monoisotopic (exact) mass is 894 g/mol. The lowest BCUT2D eigenvalue weighted by Gasteiger charge is -2.24. The van der Waals surface area contributed by atoms with Gasteiger partial charge in [0.15, 0.2) is 0 Å². The zero-order chi connectivity index (χ0) is 46.7. The average Bonchev–Trinajstić information content (AvgIpc) is 3.29. The highest BCUT2D eigenvalue weighted by atomic mass is 16.5. The Hall–Kier alpha value is -2.70. The van der Waals surface area contributed by atoms with Gasteiger partial charge in [-0.1, -0.05) is 248 Å². The number of aliphatic hydroxyl groups excluding tert-OH is 2. The Morgan fingerprint density at radius 1 is 0.453 bits per heavy atom. The van der Waals surface area contributed by atoms with Crippen molar-refractivity contribution in [3.05, 3.63) is 72.9 Å². The minimum absolute atomic E-state index is 0.0538. The van der Waals surface area contributed by atoms with Gasteiger partial charge in [-0.15, -0.1) is 0 Å². The fraction of sp³-hybridized carbons (Fsp3) is 0.759. The first-order valence-corrected chi connectivity index (χ1v) is 27.2. The van der Waals surface area contributed by atoms with Crippen LogP contribution in [-0.2, 0) is 14.3 Å². The number of carbonyl (C=O) groups is 2.